The zero-order valence-electron chi connectivity index (χ0n) is 15.4. The van der Waals surface area contributed by atoms with E-state index in [9.17, 15) is 4.79 Å². The SMILES string of the molecule is COc1nccc(OC2CCCN(C(=O)c3ccc(N(C)C)cc3)C2)n1. The van der Waals surface area contributed by atoms with Gasteiger partial charge >= 0.3 is 6.01 Å². The quantitative estimate of drug-likeness (QED) is 0.818. The van der Waals surface area contributed by atoms with Crippen molar-refractivity contribution in [3.8, 4) is 11.9 Å². The van der Waals surface area contributed by atoms with Crippen molar-refractivity contribution in [1.82, 2.24) is 14.9 Å². The van der Waals surface area contributed by atoms with E-state index in [2.05, 4.69) is 9.97 Å². The highest BCUT2D eigenvalue weighted by atomic mass is 16.5. The van der Waals surface area contributed by atoms with Crippen molar-refractivity contribution < 1.29 is 14.3 Å². The summed E-state index contributed by atoms with van der Waals surface area (Å²) in [7, 11) is 5.47. The van der Waals surface area contributed by atoms with Gasteiger partial charge in [0.05, 0.1) is 13.7 Å². The molecule has 7 nitrogen and oxygen atoms in total. The van der Waals surface area contributed by atoms with Crippen LogP contribution in [0.2, 0.25) is 0 Å². The Balaban J connectivity index is 1.64. The number of hydrogen-bond acceptors (Lipinski definition) is 6. The van der Waals surface area contributed by atoms with E-state index in [1.54, 1.807) is 12.3 Å². The van der Waals surface area contributed by atoms with Gasteiger partial charge in [0.1, 0.15) is 6.10 Å². The highest BCUT2D eigenvalue weighted by molar-refractivity contribution is 5.94. The van der Waals surface area contributed by atoms with Crippen LogP contribution in [0.1, 0.15) is 23.2 Å². The van der Waals surface area contributed by atoms with Crippen LogP contribution in [-0.4, -0.2) is 61.2 Å². The number of methoxy groups -OCH3 is 1. The van der Waals surface area contributed by atoms with E-state index in [4.69, 9.17) is 9.47 Å². The summed E-state index contributed by atoms with van der Waals surface area (Å²) >= 11 is 0. The normalized spacial score (nSPS) is 16.9. The molecule has 0 saturated carbocycles. The lowest BCUT2D eigenvalue weighted by atomic mass is 10.1. The van der Waals surface area contributed by atoms with E-state index >= 15 is 0 Å². The summed E-state index contributed by atoms with van der Waals surface area (Å²) in [5.41, 5.74) is 1.76. The third-order valence-electron chi connectivity index (χ3n) is 4.37. The van der Waals surface area contributed by atoms with Crippen LogP contribution in [0.25, 0.3) is 0 Å². The van der Waals surface area contributed by atoms with E-state index in [1.807, 2.05) is 48.2 Å². The maximum atomic E-state index is 12.8. The number of anilines is 1. The number of nitrogens with zero attached hydrogens (tertiary/aromatic N) is 4. The first-order valence-corrected chi connectivity index (χ1v) is 8.67. The van der Waals surface area contributed by atoms with Crippen molar-refractivity contribution in [2.45, 2.75) is 18.9 Å². The summed E-state index contributed by atoms with van der Waals surface area (Å²) in [5.74, 6) is 0.496. The van der Waals surface area contributed by atoms with Gasteiger partial charge in [-0.05, 0) is 37.1 Å². The van der Waals surface area contributed by atoms with Gasteiger partial charge in [0.2, 0.25) is 5.88 Å². The Morgan fingerprint density at radius 1 is 1.23 bits per heavy atom. The smallest absolute Gasteiger partial charge is 0.319 e. The third kappa shape index (κ3) is 4.22. The summed E-state index contributed by atoms with van der Waals surface area (Å²) in [4.78, 5) is 24.8. The second kappa shape index (κ2) is 8.03. The first kappa shape index (κ1) is 18.0. The molecule has 7 heteroatoms. The Morgan fingerprint density at radius 3 is 2.69 bits per heavy atom. The number of aromatic nitrogens is 2. The maximum absolute atomic E-state index is 12.8. The van der Waals surface area contributed by atoms with Crippen molar-refractivity contribution in [2.75, 3.05) is 39.2 Å². The Labute approximate surface area is 153 Å². The molecule has 0 spiro atoms. The molecular formula is C19H24N4O3. The minimum atomic E-state index is -0.0895. The fourth-order valence-electron chi connectivity index (χ4n) is 2.96. The molecule has 0 bridgehead atoms. The lowest BCUT2D eigenvalue weighted by Gasteiger charge is -2.32. The van der Waals surface area contributed by atoms with Crippen molar-refractivity contribution in [2.24, 2.45) is 0 Å². The highest BCUT2D eigenvalue weighted by Crippen LogP contribution is 2.20. The fourth-order valence-corrected chi connectivity index (χ4v) is 2.96. The minimum absolute atomic E-state index is 0.0314. The molecular weight excluding hydrogens is 332 g/mol. The average molecular weight is 356 g/mol. The second-order valence-corrected chi connectivity index (χ2v) is 6.46. The molecule has 1 unspecified atom stereocenters. The van der Waals surface area contributed by atoms with Gasteiger partial charge in [0.25, 0.3) is 5.91 Å². The van der Waals surface area contributed by atoms with Crippen molar-refractivity contribution >= 4 is 11.6 Å². The van der Waals surface area contributed by atoms with E-state index in [1.165, 1.54) is 7.11 Å². The molecule has 138 valence electrons. The van der Waals surface area contributed by atoms with Crippen molar-refractivity contribution in [1.29, 1.82) is 0 Å². The summed E-state index contributed by atoms with van der Waals surface area (Å²) < 4.78 is 11.0. The van der Waals surface area contributed by atoms with Crippen LogP contribution in [0.3, 0.4) is 0 Å². The molecule has 0 aliphatic carbocycles. The third-order valence-corrected chi connectivity index (χ3v) is 4.37. The molecule has 1 fully saturated rings. The van der Waals surface area contributed by atoms with Crippen LogP contribution in [-0.2, 0) is 0 Å². The first-order chi connectivity index (χ1) is 12.6. The maximum Gasteiger partial charge on any atom is 0.319 e. The van der Waals surface area contributed by atoms with Crippen molar-refractivity contribution in [3.63, 3.8) is 0 Å². The molecule has 26 heavy (non-hydrogen) atoms. The van der Waals surface area contributed by atoms with E-state index in [-0.39, 0.29) is 18.0 Å². The van der Waals surface area contributed by atoms with Crippen LogP contribution in [0.5, 0.6) is 11.9 Å². The molecule has 1 amide bonds. The molecule has 2 aromatic rings. The number of carbonyl (C=O) groups excluding carboxylic acids is 1. The number of benzene rings is 1. The predicted molar refractivity (Wildman–Crippen MR) is 98.9 cm³/mol. The van der Waals surface area contributed by atoms with Gasteiger partial charge in [-0.2, -0.15) is 4.98 Å². The lowest BCUT2D eigenvalue weighted by Crippen LogP contribution is -2.44. The standard InChI is InChI=1S/C19H24N4O3/c1-22(2)15-8-6-14(7-9-15)18(24)23-12-4-5-16(13-23)26-17-10-11-20-19(21-17)25-3/h6-11,16H,4-5,12-13H2,1-3H3. The highest BCUT2D eigenvalue weighted by Gasteiger charge is 2.26. The fraction of sp³-hybridized carbons (Fsp3) is 0.421. The van der Waals surface area contributed by atoms with Gasteiger partial charge in [-0.15, -0.1) is 0 Å². The second-order valence-electron chi connectivity index (χ2n) is 6.46. The van der Waals surface area contributed by atoms with Gasteiger partial charge in [0.15, 0.2) is 0 Å². The molecule has 1 atom stereocenters. The number of amides is 1. The molecule has 3 rings (SSSR count). The number of carbonyl (C=O) groups is 1. The van der Waals surface area contributed by atoms with Crippen LogP contribution >= 0.6 is 0 Å². The zero-order valence-corrected chi connectivity index (χ0v) is 15.4. The van der Waals surface area contributed by atoms with Crippen LogP contribution in [0.4, 0.5) is 5.69 Å². The molecule has 1 aromatic carbocycles. The summed E-state index contributed by atoms with van der Waals surface area (Å²) in [6.07, 6.45) is 3.29. The van der Waals surface area contributed by atoms with E-state index in [0.717, 1.165) is 25.1 Å². The summed E-state index contributed by atoms with van der Waals surface area (Å²) in [5, 5.41) is 0. The van der Waals surface area contributed by atoms with Crippen LogP contribution in [0, 0.1) is 0 Å². The van der Waals surface area contributed by atoms with Crippen molar-refractivity contribution in [3.05, 3.63) is 42.1 Å². The molecule has 1 aromatic heterocycles. The van der Waals surface area contributed by atoms with Gasteiger partial charge in [-0.3, -0.25) is 4.79 Å². The molecule has 2 heterocycles. The predicted octanol–water partition coefficient (Wildman–Crippen LogP) is 2.23. The molecule has 1 saturated heterocycles. The number of hydrogen-bond donors (Lipinski definition) is 0. The molecule has 1 aliphatic rings. The van der Waals surface area contributed by atoms with Crippen LogP contribution < -0.4 is 14.4 Å². The number of rotatable bonds is 5. The van der Waals surface area contributed by atoms with E-state index in [0.29, 0.717) is 18.0 Å². The zero-order chi connectivity index (χ0) is 18.5. The largest absolute Gasteiger partial charge is 0.472 e. The van der Waals surface area contributed by atoms with Gasteiger partial charge in [-0.25, -0.2) is 4.98 Å². The Kier molecular flexibility index (Phi) is 5.55. The number of ether oxygens (including phenoxy) is 2. The summed E-state index contributed by atoms with van der Waals surface area (Å²) in [6.45, 7) is 1.28. The minimum Gasteiger partial charge on any atom is -0.472 e. The lowest BCUT2D eigenvalue weighted by molar-refractivity contribution is 0.0525. The van der Waals surface area contributed by atoms with E-state index < -0.39 is 0 Å². The topological polar surface area (TPSA) is 67.8 Å². The number of piperidine rings is 1. The van der Waals surface area contributed by atoms with Crippen LogP contribution in [0.15, 0.2) is 36.5 Å². The Morgan fingerprint density at radius 2 is 2.00 bits per heavy atom. The first-order valence-electron chi connectivity index (χ1n) is 8.67. The monoisotopic (exact) mass is 356 g/mol. The summed E-state index contributed by atoms with van der Waals surface area (Å²) in [6, 6.07) is 9.63. The number of likely N-dealkylation sites (tertiary alicyclic amines) is 1. The van der Waals surface area contributed by atoms with Gasteiger partial charge in [-0.1, -0.05) is 0 Å². The molecule has 1 aliphatic heterocycles. The van der Waals surface area contributed by atoms with Gasteiger partial charge in [0, 0.05) is 44.2 Å². The average Bonchev–Trinajstić information content (AvgIpc) is 2.68. The van der Waals surface area contributed by atoms with Gasteiger partial charge < -0.3 is 19.3 Å². The Bertz CT molecular complexity index is 749. The Hall–Kier alpha value is -2.83. The molecule has 0 radical (unpaired) electrons. The molecule has 0 N–H and O–H groups in total.